The molecule has 2 rings (SSSR count). The monoisotopic (exact) mass is 330 g/mol. The van der Waals surface area contributed by atoms with Gasteiger partial charge in [-0.3, -0.25) is 0 Å². The van der Waals surface area contributed by atoms with Crippen LogP contribution in [0.3, 0.4) is 0 Å². The van der Waals surface area contributed by atoms with Gasteiger partial charge >= 0.3 is 0 Å². The van der Waals surface area contributed by atoms with Crippen LogP contribution < -0.4 is 0 Å². The lowest BCUT2D eigenvalue weighted by atomic mass is 9.64. The summed E-state index contributed by atoms with van der Waals surface area (Å²) in [5.74, 6) is 0.712. The maximum absolute atomic E-state index is 10.4. The molecule has 0 amide bonds. The normalized spacial score (nSPS) is 38.8. The lowest BCUT2D eigenvalue weighted by Crippen LogP contribution is -2.36. The summed E-state index contributed by atoms with van der Waals surface area (Å²) in [6.07, 6.45) is 13.5. The highest BCUT2D eigenvalue weighted by Crippen LogP contribution is 2.47. The van der Waals surface area contributed by atoms with Gasteiger partial charge in [0.1, 0.15) is 0 Å². The highest BCUT2D eigenvalue weighted by molar-refractivity contribution is 5.46. The number of rotatable bonds is 4. The third-order valence-electron chi connectivity index (χ3n) is 5.99. The fourth-order valence-corrected chi connectivity index (χ4v) is 3.76. The fraction of sp³-hybridized carbons (Fsp3) is 0.636. The van der Waals surface area contributed by atoms with Crippen molar-refractivity contribution < 1.29 is 10.2 Å². The topological polar surface area (TPSA) is 40.5 Å². The first kappa shape index (κ1) is 19.2. The van der Waals surface area contributed by atoms with Crippen molar-refractivity contribution in [3.63, 3.8) is 0 Å². The molecule has 0 aliphatic heterocycles. The summed E-state index contributed by atoms with van der Waals surface area (Å²) in [7, 11) is 0. The Balaban J connectivity index is 2.46. The van der Waals surface area contributed by atoms with Gasteiger partial charge in [-0.1, -0.05) is 71.1 Å². The van der Waals surface area contributed by atoms with Crippen molar-refractivity contribution >= 4 is 0 Å². The van der Waals surface area contributed by atoms with E-state index in [-0.39, 0.29) is 17.3 Å². The van der Waals surface area contributed by atoms with Crippen LogP contribution in [0.2, 0.25) is 0 Å². The van der Waals surface area contributed by atoms with Crippen molar-refractivity contribution in [1.82, 2.24) is 0 Å². The van der Waals surface area contributed by atoms with Crippen molar-refractivity contribution in [3.05, 3.63) is 47.6 Å². The Hall–Kier alpha value is -1.12. The summed E-state index contributed by atoms with van der Waals surface area (Å²) in [4.78, 5) is 0. The van der Waals surface area contributed by atoms with Gasteiger partial charge < -0.3 is 10.2 Å². The molecule has 4 unspecified atom stereocenters. The van der Waals surface area contributed by atoms with Crippen LogP contribution in [-0.2, 0) is 0 Å². The summed E-state index contributed by atoms with van der Waals surface area (Å²) < 4.78 is 0. The lowest BCUT2D eigenvalue weighted by Gasteiger charge is -2.41. The van der Waals surface area contributed by atoms with E-state index < -0.39 is 11.2 Å². The van der Waals surface area contributed by atoms with Gasteiger partial charge in [0.05, 0.1) is 11.2 Å². The second-order valence-corrected chi connectivity index (χ2v) is 8.87. The van der Waals surface area contributed by atoms with E-state index in [0.29, 0.717) is 5.92 Å². The third kappa shape index (κ3) is 3.60. The third-order valence-corrected chi connectivity index (χ3v) is 5.99. The van der Waals surface area contributed by atoms with Gasteiger partial charge in [0.2, 0.25) is 0 Å². The number of hydrogen-bond donors (Lipinski definition) is 2. The Bertz CT molecular complexity index is 553. The molecule has 2 N–H and O–H groups in total. The Morgan fingerprint density at radius 2 is 1.33 bits per heavy atom. The minimum atomic E-state index is -0.782. The molecule has 134 valence electrons. The zero-order valence-corrected chi connectivity index (χ0v) is 16.3. The van der Waals surface area contributed by atoms with Crippen LogP contribution in [0.4, 0.5) is 0 Å². The molecule has 0 radical (unpaired) electrons. The van der Waals surface area contributed by atoms with Crippen LogP contribution in [0.5, 0.6) is 0 Å². The van der Waals surface area contributed by atoms with Gasteiger partial charge in [-0.2, -0.15) is 0 Å². The fourth-order valence-electron chi connectivity index (χ4n) is 3.76. The molecule has 2 aliphatic carbocycles. The van der Waals surface area contributed by atoms with E-state index in [2.05, 4.69) is 58.9 Å². The Morgan fingerprint density at radius 1 is 0.958 bits per heavy atom. The molecule has 0 aromatic heterocycles. The average molecular weight is 331 g/mol. The SMILES string of the molecule is CC(C)CC(C)(C1=CC(C)C(C)(O)C=C1)C1=CC(C)C(C)(O)C=C1. The number of aliphatic hydroxyl groups is 2. The van der Waals surface area contributed by atoms with E-state index >= 15 is 0 Å². The van der Waals surface area contributed by atoms with Crippen LogP contribution in [0.1, 0.15) is 54.9 Å². The molecule has 2 aliphatic rings. The first-order valence-electron chi connectivity index (χ1n) is 9.16. The van der Waals surface area contributed by atoms with Gasteiger partial charge in [-0.05, 0) is 37.3 Å². The quantitative estimate of drug-likeness (QED) is 0.777. The molecular weight excluding hydrogens is 296 g/mol. The van der Waals surface area contributed by atoms with Crippen LogP contribution in [0.25, 0.3) is 0 Å². The second kappa shape index (κ2) is 6.31. The molecule has 2 nitrogen and oxygen atoms in total. The summed E-state index contributed by atoms with van der Waals surface area (Å²) in [6, 6.07) is 0. The standard InChI is InChI=1S/C22H34O2/c1-15(2)14-20(5,18-8-10-21(6,23)16(3)12-18)19-9-11-22(7,24)17(4)13-19/h8-13,15-17,23-24H,14H2,1-7H3. The van der Waals surface area contributed by atoms with Crippen molar-refractivity contribution in [1.29, 1.82) is 0 Å². The van der Waals surface area contributed by atoms with Crippen molar-refractivity contribution in [2.75, 3.05) is 0 Å². The Kier molecular flexibility index (Phi) is 5.05. The van der Waals surface area contributed by atoms with Gasteiger partial charge in [0.25, 0.3) is 0 Å². The highest BCUT2D eigenvalue weighted by Gasteiger charge is 2.39. The second-order valence-electron chi connectivity index (χ2n) is 8.87. The molecule has 0 spiro atoms. The van der Waals surface area contributed by atoms with Gasteiger partial charge in [0, 0.05) is 17.3 Å². The van der Waals surface area contributed by atoms with Crippen LogP contribution >= 0.6 is 0 Å². The minimum Gasteiger partial charge on any atom is -0.385 e. The molecule has 0 bridgehead atoms. The largest absolute Gasteiger partial charge is 0.385 e. The first-order chi connectivity index (χ1) is 10.9. The Labute approximate surface area is 147 Å². The smallest absolute Gasteiger partial charge is 0.0862 e. The van der Waals surface area contributed by atoms with Gasteiger partial charge in [-0.15, -0.1) is 0 Å². The molecule has 0 heterocycles. The molecule has 24 heavy (non-hydrogen) atoms. The van der Waals surface area contributed by atoms with Crippen LogP contribution in [-0.4, -0.2) is 21.4 Å². The van der Waals surface area contributed by atoms with Gasteiger partial charge in [0.15, 0.2) is 0 Å². The lowest BCUT2D eigenvalue weighted by molar-refractivity contribution is 0.0703. The van der Waals surface area contributed by atoms with Crippen LogP contribution in [0, 0.1) is 23.2 Å². The summed E-state index contributed by atoms with van der Waals surface area (Å²) in [6.45, 7) is 14.6. The van der Waals surface area contributed by atoms with E-state index in [9.17, 15) is 10.2 Å². The van der Waals surface area contributed by atoms with Crippen LogP contribution in [0.15, 0.2) is 47.6 Å². The van der Waals surface area contributed by atoms with E-state index in [1.807, 2.05) is 26.0 Å². The van der Waals surface area contributed by atoms with Crippen molar-refractivity contribution in [2.45, 2.75) is 66.1 Å². The zero-order chi connectivity index (χ0) is 18.3. The molecule has 0 aromatic carbocycles. The van der Waals surface area contributed by atoms with Crippen molar-refractivity contribution in [3.8, 4) is 0 Å². The first-order valence-corrected chi connectivity index (χ1v) is 9.16. The summed E-state index contributed by atoms with van der Waals surface area (Å²) in [5.41, 5.74) is 0.850. The van der Waals surface area contributed by atoms with E-state index in [1.54, 1.807) is 0 Å². The van der Waals surface area contributed by atoms with E-state index in [1.165, 1.54) is 11.1 Å². The molecule has 0 aromatic rings. The van der Waals surface area contributed by atoms with Crippen molar-refractivity contribution in [2.24, 2.45) is 23.2 Å². The number of allylic oxidation sites excluding steroid dienone is 4. The van der Waals surface area contributed by atoms with E-state index in [0.717, 1.165) is 6.42 Å². The molecule has 0 saturated heterocycles. The minimum absolute atomic E-state index is 0.0812. The Morgan fingerprint density at radius 3 is 1.62 bits per heavy atom. The predicted octanol–water partition coefficient (Wildman–Crippen LogP) is 4.81. The summed E-state index contributed by atoms with van der Waals surface area (Å²) >= 11 is 0. The maximum Gasteiger partial charge on any atom is 0.0862 e. The molecular formula is C22H34O2. The maximum atomic E-state index is 10.4. The molecule has 4 atom stereocenters. The molecule has 2 heteroatoms. The summed E-state index contributed by atoms with van der Waals surface area (Å²) in [5, 5.41) is 20.9. The zero-order valence-electron chi connectivity index (χ0n) is 16.3. The molecule has 0 fully saturated rings. The average Bonchev–Trinajstić information content (AvgIpc) is 2.44. The van der Waals surface area contributed by atoms with E-state index in [4.69, 9.17) is 0 Å². The molecule has 0 saturated carbocycles. The predicted molar refractivity (Wildman–Crippen MR) is 102 cm³/mol. The highest BCUT2D eigenvalue weighted by atomic mass is 16.3. The van der Waals surface area contributed by atoms with Gasteiger partial charge in [-0.25, -0.2) is 0 Å². The number of hydrogen-bond acceptors (Lipinski definition) is 2.